The lowest BCUT2D eigenvalue weighted by atomic mass is 9.74. The van der Waals surface area contributed by atoms with Crippen LogP contribution in [0.2, 0.25) is 0 Å². The summed E-state index contributed by atoms with van der Waals surface area (Å²) in [6, 6.07) is 6.78. The molecular weight excluding hydrogens is 360 g/mol. The average Bonchev–Trinajstić information content (AvgIpc) is 3.21. The third-order valence-corrected chi connectivity index (χ3v) is 6.59. The van der Waals surface area contributed by atoms with E-state index >= 15 is 0 Å². The van der Waals surface area contributed by atoms with Crippen LogP contribution in [0.5, 0.6) is 0 Å². The van der Waals surface area contributed by atoms with Crippen molar-refractivity contribution in [1.82, 2.24) is 20.2 Å². The van der Waals surface area contributed by atoms with E-state index in [1.165, 1.54) is 17.0 Å². The predicted octanol–water partition coefficient (Wildman–Crippen LogP) is 2.45. The maximum atomic E-state index is 11.7. The molecule has 5 heterocycles. The van der Waals surface area contributed by atoms with Gasteiger partial charge in [-0.15, -0.1) is 11.3 Å². The Kier molecular flexibility index (Phi) is 5.52. The molecule has 1 N–H and O–H groups in total. The zero-order valence-corrected chi connectivity index (χ0v) is 16.7. The molecule has 4 atom stereocenters. The third-order valence-electron chi connectivity index (χ3n) is 5.70. The number of ether oxygens (including phenoxy) is 1. The van der Waals surface area contributed by atoms with Crippen LogP contribution >= 0.6 is 11.3 Å². The van der Waals surface area contributed by atoms with Gasteiger partial charge in [0, 0.05) is 37.9 Å². The van der Waals surface area contributed by atoms with Crippen molar-refractivity contribution in [2.75, 3.05) is 33.4 Å². The van der Waals surface area contributed by atoms with Gasteiger partial charge in [-0.1, -0.05) is 6.07 Å². The van der Waals surface area contributed by atoms with Gasteiger partial charge in [0.1, 0.15) is 12.4 Å². The summed E-state index contributed by atoms with van der Waals surface area (Å²) in [7, 11) is 1.55. The molecular formula is C20H26N4O2S. The molecule has 0 aromatic carbocycles. The Morgan fingerprint density at radius 2 is 2.33 bits per heavy atom. The molecule has 2 aromatic rings. The van der Waals surface area contributed by atoms with Crippen molar-refractivity contribution in [2.45, 2.75) is 31.7 Å². The number of carbonyl (C=O) groups is 1. The summed E-state index contributed by atoms with van der Waals surface area (Å²) in [5.74, 6) is 1.87. The van der Waals surface area contributed by atoms with Crippen molar-refractivity contribution < 1.29 is 9.53 Å². The van der Waals surface area contributed by atoms with E-state index in [2.05, 4.69) is 38.8 Å². The Morgan fingerprint density at radius 1 is 1.44 bits per heavy atom. The number of rotatable bonds is 6. The highest BCUT2D eigenvalue weighted by Gasteiger charge is 2.41. The fourth-order valence-electron chi connectivity index (χ4n) is 4.43. The number of aryl methyl sites for hydroxylation is 1. The lowest BCUT2D eigenvalue weighted by Crippen LogP contribution is -2.56. The molecule has 144 valence electrons. The van der Waals surface area contributed by atoms with Crippen molar-refractivity contribution in [3.05, 3.63) is 35.1 Å². The summed E-state index contributed by atoms with van der Waals surface area (Å²) in [4.78, 5) is 24.8. The van der Waals surface area contributed by atoms with Crippen molar-refractivity contribution in [1.29, 1.82) is 0 Å². The standard InChI is InChI=1S/C20H26N4O2S/c1-13-22-17(9-18(23-13)19-4-3-7-27-19)16-11-24-6-5-14(16)8-15(24)10-21-20(25)12-26-2/h3-4,7,9,14-16H,5-6,8,10-12H2,1-2H3,(H,21,25). The SMILES string of the molecule is COCC(=O)NCC1CC2CCN1CC2c1cc(-c2cccs2)nc(C)n1. The van der Waals surface area contributed by atoms with Gasteiger partial charge in [-0.2, -0.15) is 0 Å². The zero-order valence-electron chi connectivity index (χ0n) is 15.9. The van der Waals surface area contributed by atoms with Crippen molar-refractivity contribution >= 4 is 17.2 Å². The van der Waals surface area contributed by atoms with Gasteiger partial charge in [0.25, 0.3) is 0 Å². The fraction of sp³-hybridized carbons (Fsp3) is 0.550. The first-order chi connectivity index (χ1) is 13.1. The van der Waals surface area contributed by atoms with Crippen LogP contribution < -0.4 is 5.32 Å². The van der Waals surface area contributed by atoms with Crippen LogP contribution in [0.25, 0.3) is 10.6 Å². The van der Waals surface area contributed by atoms with E-state index in [9.17, 15) is 4.79 Å². The van der Waals surface area contributed by atoms with E-state index in [1.54, 1.807) is 18.4 Å². The molecule has 3 aliphatic rings. The fourth-order valence-corrected chi connectivity index (χ4v) is 5.12. The highest BCUT2D eigenvalue weighted by Crippen LogP contribution is 2.41. The minimum absolute atomic E-state index is 0.0382. The molecule has 7 heteroatoms. The Hall–Kier alpha value is -1.83. The molecule has 6 nitrogen and oxygen atoms in total. The quantitative estimate of drug-likeness (QED) is 0.826. The molecule has 4 unspecified atom stereocenters. The van der Waals surface area contributed by atoms with Crippen LogP contribution in [0, 0.1) is 12.8 Å². The second kappa shape index (κ2) is 8.04. The summed E-state index contributed by atoms with van der Waals surface area (Å²) in [5, 5.41) is 5.09. The van der Waals surface area contributed by atoms with Gasteiger partial charge in [0.15, 0.2) is 0 Å². The van der Waals surface area contributed by atoms with Gasteiger partial charge in [-0.05, 0) is 49.7 Å². The molecule has 1 amide bonds. The van der Waals surface area contributed by atoms with Crippen LogP contribution in [0.3, 0.4) is 0 Å². The predicted molar refractivity (Wildman–Crippen MR) is 106 cm³/mol. The highest BCUT2D eigenvalue weighted by atomic mass is 32.1. The third kappa shape index (κ3) is 4.05. The van der Waals surface area contributed by atoms with Crippen molar-refractivity contribution in [2.24, 2.45) is 5.92 Å². The summed E-state index contributed by atoms with van der Waals surface area (Å²) >= 11 is 1.72. The Morgan fingerprint density at radius 3 is 3.04 bits per heavy atom. The monoisotopic (exact) mass is 386 g/mol. The minimum Gasteiger partial charge on any atom is -0.375 e. The van der Waals surface area contributed by atoms with Crippen molar-refractivity contribution in [3.8, 4) is 10.6 Å². The maximum absolute atomic E-state index is 11.7. The van der Waals surface area contributed by atoms with Gasteiger partial charge in [-0.25, -0.2) is 9.97 Å². The van der Waals surface area contributed by atoms with E-state index in [4.69, 9.17) is 9.72 Å². The zero-order chi connectivity index (χ0) is 18.8. The molecule has 27 heavy (non-hydrogen) atoms. The number of methoxy groups -OCH3 is 1. The van der Waals surface area contributed by atoms with Crippen LogP contribution in [0.15, 0.2) is 23.6 Å². The van der Waals surface area contributed by atoms with E-state index in [0.29, 0.717) is 24.4 Å². The number of amides is 1. The Labute approximate surface area is 164 Å². The Balaban J connectivity index is 1.47. The van der Waals surface area contributed by atoms with E-state index < -0.39 is 0 Å². The number of fused-ring (bicyclic) bond motifs is 3. The summed E-state index contributed by atoms with van der Waals surface area (Å²) in [5.41, 5.74) is 2.20. The lowest BCUT2D eigenvalue weighted by Gasteiger charge is -2.49. The summed E-state index contributed by atoms with van der Waals surface area (Å²) < 4.78 is 4.89. The average molecular weight is 387 g/mol. The van der Waals surface area contributed by atoms with Gasteiger partial charge >= 0.3 is 0 Å². The molecule has 2 aromatic heterocycles. The van der Waals surface area contributed by atoms with E-state index in [0.717, 1.165) is 31.0 Å². The van der Waals surface area contributed by atoms with Crippen molar-refractivity contribution in [3.63, 3.8) is 0 Å². The number of piperidine rings is 3. The van der Waals surface area contributed by atoms with Crippen LogP contribution in [0.1, 0.15) is 30.3 Å². The van der Waals surface area contributed by atoms with Crippen LogP contribution in [-0.2, 0) is 9.53 Å². The largest absolute Gasteiger partial charge is 0.375 e. The molecule has 0 aliphatic carbocycles. The van der Waals surface area contributed by atoms with Gasteiger partial charge in [0.05, 0.1) is 10.6 Å². The molecule has 0 spiro atoms. The van der Waals surface area contributed by atoms with Gasteiger partial charge in [0.2, 0.25) is 5.91 Å². The number of thiophene rings is 1. The summed E-state index contributed by atoms with van der Waals surface area (Å²) in [6.45, 7) is 4.93. The maximum Gasteiger partial charge on any atom is 0.246 e. The lowest BCUT2D eigenvalue weighted by molar-refractivity contribution is -0.125. The highest BCUT2D eigenvalue weighted by molar-refractivity contribution is 7.13. The molecule has 3 saturated heterocycles. The Bertz CT molecular complexity index is 795. The molecule has 0 radical (unpaired) electrons. The number of hydrogen-bond donors (Lipinski definition) is 1. The molecule has 0 saturated carbocycles. The first-order valence-electron chi connectivity index (χ1n) is 9.53. The molecule has 3 aliphatic heterocycles. The molecule has 5 rings (SSSR count). The number of nitrogens with zero attached hydrogens (tertiary/aromatic N) is 3. The first kappa shape index (κ1) is 18.5. The van der Waals surface area contributed by atoms with Crippen LogP contribution in [0.4, 0.5) is 0 Å². The number of aromatic nitrogens is 2. The minimum atomic E-state index is -0.0382. The normalized spacial score (nSPS) is 26.9. The van der Waals surface area contributed by atoms with E-state index in [-0.39, 0.29) is 12.5 Å². The van der Waals surface area contributed by atoms with E-state index in [1.807, 2.05) is 6.92 Å². The molecule has 3 fully saturated rings. The van der Waals surface area contributed by atoms with Crippen LogP contribution in [-0.4, -0.2) is 60.2 Å². The number of carbonyl (C=O) groups excluding carboxylic acids is 1. The molecule has 2 bridgehead atoms. The van der Waals surface area contributed by atoms with Gasteiger partial charge in [-0.3, -0.25) is 9.69 Å². The first-order valence-corrected chi connectivity index (χ1v) is 10.4. The number of hydrogen-bond acceptors (Lipinski definition) is 6. The second-order valence-electron chi connectivity index (χ2n) is 7.48. The topological polar surface area (TPSA) is 67.3 Å². The second-order valence-corrected chi connectivity index (χ2v) is 8.43. The summed E-state index contributed by atoms with van der Waals surface area (Å²) in [6.07, 6.45) is 2.31. The number of nitrogens with one attached hydrogen (secondary N) is 1. The van der Waals surface area contributed by atoms with Gasteiger partial charge < -0.3 is 10.1 Å². The smallest absolute Gasteiger partial charge is 0.246 e.